The molecule has 1 heterocycles. The standard InChI is InChI=1S/C10H13NO3/c1-7-6-11-8(4-9(7)13-2)5-10(12)14-3/h4,6H,5H2,1-3H3. The van der Waals surface area contributed by atoms with Crippen molar-refractivity contribution in [3.63, 3.8) is 0 Å². The van der Waals surface area contributed by atoms with Crippen LogP contribution < -0.4 is 4.74 Å². The summed E-state index contributed by atoms with van der Waals surface area (Å²) in [5.74, 6) is 0.433. The molecular weight excluding hydrogens is 182 g/mol. The zero-order valence-corrected chi connectivity index (χ0v) is 8.53. The molecule has 1 aromatic heterocycles. The number of aryl methyl sites for hydroxylation is 1. The van der Waals surface area contributed by atoms with Crippen molar-refractivity contribution < 1.29 is 14.3 Å². The summed E-state index contributed by atoms with van der Waals surface area (Å²) in [7, 11) is 2.94. The lowest BCUT2D eigenvalue weighted by atomic mass is 10.2. The lowest BCUT2D eigenvalue weighted by Crippen LogP contribution is -2.06. The highest BCUT2D eigenvalue weighted by atomic mass is 16.5. The van der Waals surface area contributed by atoms with E-state index in [0.717, 1.165) is 11.3 Å². The molecule has 1 rings (SSSR count). The Hall–Kier alpha value is -1.58. The molecule has 0 fully saturated rings. The van der Waals surface area contributed by atoms with E-state index in [2.05, 4.69) is 9.72 Å². The predicted molar refractivity (Wildman–Crippen MR) is 51.2 cm³/mol. The molecule has 0 N–H and O–H groups in total. The van der Waals surface area contributed by atoms with Gasteiger partial charge in [-0.25, -0.2) is 0 Å². The van der Waals surface area contributed by atoms with Gasteiger partial charge in [0.05, 0.1) is 26.3 Å². The number of rotatable bonds is 3. The van der Waals surface area contributed by atoms with Crippen LogP contribution in [0.2, 0.25) is 0 Å². The first-order chi connectivity index (χ1) is 6.67. The number of pyridine rings is 1. The van der Waals surface area contributed by atoms with Gasteiger partial charge in [-0.05, 0) is 6.92 Å². The van der Waals surface area contributed by atoms with Crippen LogP contribution in [0.4, 0.5) is 0 Å². The van der Waals surface area contributed by atoms with Gasteiger partial charge in [0.2, 0.25) is 0 Å². The lowest BCUT2D eigenvalue weighted by Gasteiger charge is -2.05. The fraction of sp³-hybridized carbons (Fsp3) is 0.400. The number of hydrogen-bond donors (Lipinski definition) is 0. The Bertz CT molecular complexity index is 336. The van der Waals surface area contributed by atoms with E-state index in [1.54, 1.807) is 19.4 Å². The van der Waals surface area contributed by atoms with Gasteiger partial charge in [0, 0.05) is 17.8 Å². The Morgan fingerprint density at radius 2 is 2.21 bits per heavy atom. The SMILES string of the molecule is COC(=O)Cc1cc(OC)c(C)cn1. The monoisotopic (exact) mass is 195 g/mol. The minimum Gasteiger partial charge on any atom is -0.496 e. The second kappa shape index (κ2) is 4.60. The molecule has 14 heavy (non-hydrogen) atoms. The highest BCUT2D eigenvalue weighted by Gasteiger charge is 2.06. The second-order valence-corrected chi connectivity index (χ2v) is 2.90. The van der Waals surface area contributed by atoms with E-state index < -0.39 is 0 Å². The Kier molecular flexibility index (Phi) is 3.45. The van der Waals surface area contributed by atoms with Crippen molar-refractivity contribution >= 4 is 5.97 Å². The first kappa shape index (κ1) is 10.5. The molecule has 0 spiro atoms. The summed E-state index contributed by atoms with van der Waals surface area (Å²) >= 11 is 0. The highest BCUT2D eigenvalue weighted by Crippen LogP contribution is 2.16. The summed E-state index contributed by atoms with van der Waals surface area (Å²) in [6.45, 7) is 1.90. The molecule has 76 valence electrons. The molecule has 0 aromatic carbocycles. The third-order valence-electron chi connectivity index (χ3n) is 1.88. The number of aromatic nitrogens is 1. The Morgan fingerprint density at radius 3 is 2.79 bits per heavy atom. The molecule has 0 bridgehead atoms. The van der Waals surface area contributed by atoms with Crippen molar-refractivity contribution in [3.8, 4) is 5.75 Å². The molecular formula is C10H13NO3. The lowest BCUT2D eigenvalue weighted by molar-refractivity contribution is -0.139. The molecule has 0 aliphatic carbocycles. The fourth-order valence-corrected chi connectivity index (χ4v) is 1.08. The van der Waals surface area contributed by atoms with E-state index in [4.69, 9.17) is 4.74 Å². The van der Waals surface area contributed by atoms with Gasteiger partial charge in [-0.2, -0.15) is 0 Å². The van der Waals surface area contributed by atoms with Gasteiger partial charge in [-0.15, -0.1) is 0 Å². The maximum Gasteiger partial charge on any atom is 0.311 e. The number of methoxy groups -OCH3 is 2. The van der Waals surface area contributed by atoms with E-state index in [1.807, 2.05) is 6.92 Å². The summed E-state index contributed by atoms with van der Waals surface area (Å²) in [4.78, 5) is 15.1. The maximum atomic E-state index is 11.0. The molecule has 0 radical (unpaired) electrons. The number of carbonyl (C=O) groups is 1. The van der Waals surface area contributed by atoms with Crippen LogP contribution >= 0.6 is 0 Å². The van der Waals surface area contributed by atoms with Gasteiger partial charge >= 0.3 is 5.97 Å². The van der Waals surface area contributed by atoms with E-state index in [0.29, 0.717) is 5.69 Å². The second-order valence-electron chi connectivity index (χ2n) is 2.90. The molecule has 1 aromatic rings. The normalized spacial score (nSPS) is 9.64. The van der Waals surface area contributed by atoms with Crippen LogP contribution in [-0.2, 0) is 16.0 Å². The van der Waals surface area contributed by atoms with Crippen LogP contribution in [0.1, 0.15) is 11.3 Å². The topological polar surface area (TPSA) is 48.4 Å². The van der Waals surface area contributed by atoms with Crippen molar-refractivity contribution in [2.24, 2.45) is 0 Å². The quantitative estimate of drug-likeness (QED) is 0.678. The van der Waals surface area contributed by atoms with E-state index in [1.165, 1.54) is 7.11 Å². The number of carbonyl (C=O) groups excluding carboxylic acids is 1. The Labute approximate surface area is 82.9 Å². The number of esters is 1. The number of hydrogen-bond acceptors (Lipinski definition) is 4. The van der Waals surface area contributed by atoms with Gasteiger partial charge < -0.3 is 9.47 Å². The van der Waals surface area contributed by atoms with Gasteiger partial charge in [-0.3, -0.25) is 9.78 Å². The molecule has 0 saturated heterocycles. The molecule has 0 aliphatic heterocycles. The number of nitrogens with zero attached hydrogens (tertiary/aromatic N) is 1. The van der Waals surface area contributed by atoms with Crippen LogP contribution in [0, 0.1) is 6.92 Å². The van der Waals surface area contributed by atoms with Crippen molar-refractivity contribution in [1.82, 2.24) is 4.98 Å². The van der Waals surface area contributed by atoms with Gasteiger partial charge in [0.25, 0.3) is 0 Å². The predicted octanol–water partition coefficient (Wildman–Crippen LogP) is 1.11. The minimum atomic E-state index is -0.302. The molecule has 0 amide bonds. The van der Waals surface area contributed by atoms with Gasteiger partial charge in [-0.1, -0.05) is 0 Å². The number of ether oxygens (including phenoxy) is 2. The average molecular weight is 195 g/mol. The third-order valence-corrected chi connectivity index (χ3v) is 1.88. The van der Waals surface area contributed by atoms with Crippen LogP contribution in [0.25, 0.3) is 0 Å². The first-order valence-electron chi connectivity index (χ1n) is 4.23. The van der Waals surface area contributed by atoms with Crippen molar-refractivity contribution in [2.45, 2.75) is 13.3 Å². The maximum absolute atomic E-state index is 11.0. The molecule has 0 saturated carbocycles. The third kappa shape index (κ3) is 2.45. The van der Waals surface area contributed by atoms with Crippen molar-refractivity contribution in [1.29, 1.82) is 0 Å². The highest BCUT2D eigenvalue weighted by molar-refractivity contribution is 5.71. The molecule has 4 nitrogen and oxygen atoms in total. The average Bonchev–Trinajstić information content (AvgIpc) is 2.20. The molecule has 0 atom stereocenters. The van der Waals surface area contributed by atoms with Crippen LogP contribution in [0.3, 0.4) is 0 Å². The van der Waals surface area contributed by atoms with E-state index in [-0.39, 0.29) is 12.4 Å². The summed E-state index contributed by atoms with van der Waals surface area (Å²) < 4.78 is 9.65. The molecule has 0 unspecified atom stereocenters. The van der Waals surface area contributed by atoms with E-state index >= 15 is 0 Å². The van der Waals surface area contributed by atoms with Crippen molar-refractivity contribution in [2.75, 3.05) is 14.2 Å². The first-order valence-corrected chi connectivity index (χ1v) is 4.23. The van der Waals surface area contributed by atoms with Crippen LogP contribution in [0.15, 0.2) is 12.3 Å². The fourth-order valence-electron chi connectivity index (χ4n) is 1.08. The van der Waals surface area contributed by atoms with Gasteiger partial charge in [0.1, 0.15) is 5.75 Å². The summed E-state index contributed by atoms with van der Waals surface area (Å²) in [5.41, 5.74) is 1.60. The summed E-state index contributed by atoms with van der Waals surface area (Å²) in [6.07, 6.45) is 1.85. The van der Waals surface area contributed by atoms with Crippen LogP contribution in [0.5, 0.6) is 5.75 Å². The van der Waals surface area contributed by atoms with E-state index in [9.17, 15) is 4.79 Å². The zero-order chi connectivity index (χ0) is 10.6. The zero-order valence-electron chi connectivity index (χ0n) is 8.53. The summed E-state index contributed by atoms with van der Waals surface area (Å²) in [5, 5.41) is 0. The Balaban J connectivity index is 2.84. The smallest absolute Gasteiger partial charge is 0.311 e. The largest absolute Gasteiger partial charge is 0.496 e. The molecule has 0 aliphatic rings. The minimum absolute atomic E-state index is 0.174. The van der Waals surface area contributed by atoms with Crippen LogP contribution in [-0.4, -0.2) is 25.2 Å². The summed E-state index contributed by atoms with van der Waals surface area (Å²) in [6, 6.07) is 1.74. The molecule has 4 heteroatoms. The van der Waals surface area contributed by atoms with Crippen molar-refractivity contribution in [3.05, 3.63) is 23.5 Å². The Morgan fingerprint density at radius 1 is 1.50 bits per heavy atom. The van der Waals surface area contributed by atoms with Gasteiger partial charge in [0.15, 0.2) is 0 Å².